The molecule has 15 heavy (non-hydrogen) atoms. The normalized spacial score (nSPS) is 9.73. The SMILES string of the molecule is CCOC(=O)c1ccccc1SC(C)=O. The fraction of sp³-hybridized carbons (Fsp3) is 0.273. The number of carbonyl (C=O) groups excluding carboxylic acids is 2. The Hall–Kier alpha value is -1.29. The van der Waals surface area contributed by atoms with Gasteiger partial charge in [0.05, 0.1) is 12.2 Å². The number of rotatable bonds is 3. The van der Waals surface area contributed by atoms with Crippen LogP contribution in [0.15, 0.2) is 29.2 Å². The van der Waals surface area contributed by atoms with E-state index in [0.717, 1.165) is 11.8 Å². The molecule has 0 saturated heterocycles. The van der Waals surface area contributed by atoms with E-state index in [9.17, 15) is 9.59 Å². The van der Waals surface area contributed by atoms with Gasteiger partial charge in [-0.05, 0) is 19.1 Å². The average Bonchev–Trinajstić information content (AvgIpc) is 2.18. The van der Waals surface area contributed by atoms with Gasteiger partial charge in [-0.15, -0.1) is 0 Å². The molecule has 1 aromatic rings. The van der Waals surface area contributed by atoms with E-state index >= 15 is 0 Å². The molecule has 80 valence electrons. The summed E-state index contributed by atoms with van der Waals surface area (Å²) in [7, 11) is 0. The molecule has 0 aromatic heterocycles. The molecule has 1 aromatic carbocycles. The Kier molecular flexibility index (Phi) is 4.37. The minimum Gasteiger partial charge on any atom is -0.462 e. The zero-order valence-electron chi connectivity index (χ0n) is 8.65. The minimum atomic E-state index is -0.387. The van der Waals surface area contributed by atoms with Crippen LogP contribution in [0.1, 0.15) is 24.2 Å². The Morgan fingerprint density at radius 3 is 2.60 bits per heavy atom. The van der Waals surface area contributed by atoms with Gasteiger partial charge in [-0.25, -0.2) is 4.79 Å². The summed E-state index contributed by atoms with van der Waals surface area (Å²) in [5.41, 5.74) is 0.444. The van der Waals surface area contributed by atoms with Crippen LogP contribution >= 0.6 is 11.8 Å². The van der Waals surface area contributed by atoms with Crippen LogP contribution in [0.4, 0.5) is 0 Å². The molecule has 0 aliphatic rings. The van der Waals surface area contributed by atoms with Crippen molar-refractivity contribution in [3.63, 3.8) is 0 Å². The van der Waals surface area contributed by atoms with Crippen molar-refractivity contribution >= 4 is 22.8 Å². The van der Waals surface area contributed by atoms with Crippen LogP contribution in [-0.4, -0.2) is 17.7 Å². The van der Waals surface area contributed by atoms with Crippen LogP contribution in [-0.2, 0) is 9.53 Å². The van der Waals surface area contributed by atoms with Gasteiger partial charge < -0.3 is 4.74 Å². The number of carbonyl (C=O) groups is 2. The number of ether oxygens (including phenoxy) is 1. The lowest BCUT2D eigenvalue weighted by molar-refractivity contribution is -0.109. The maximum absolute atomic E-state index is 11.5. The number of benzene rings is 1. The van der Waals surface area contributed by atoms with E-state index in [2.05, 4.69) is 0 Å². The summed E-state index contributed by atoms with van der Waals surface area (Å²) in [5, 5.41) is -0.0493. The summed E-state index contributed by atoms with van der Waals surface area (Å²) in [4.78, 5) is 23.1. The highest BCUT2D eigenvalue weighted by atomic mass is 32.2. The van der Waals surface area contributed by atoms with Crippen LogP contribution < -0.4 is 0 Å². The zero-order valence-corrected chi connectivity index (χ0v) is 9.47. The van der Waals surface area contributed by atoms with Gasteiger partial charge >= 0.3 is 5.97 Å². The predicted octanol–water partition coefficient (Wildman–Crippen LogP) is 2.50. The lowest BCUT2D eigenvalue weighted by Gasteiger charge is -2.05. The molecule has 0 heterocycles. The van der Waals surface area contributed by atoms with Crippen LogP contribution in [0.5, 0.6) is 0 Å². The quantitative estimate of drug-likeness (QED) is 0.584. The number of thioether (sulfide) groups is 1. The van der Waals surface area contributed by atoms with Crippen LogP contribution in [0.25, 0.3) is 0 Å². The van der Waals surface area contributed by atoms with Gasteiger partial charge in [0.2, 0.25) is 0 Å². The summed E-state index contributed by atoms with van der Waals surface area (Å²) < 4.78 is 4.89. The Morgan fingerprint density at radius 1 is 1.33 bits per heavy atom. The van der Waals surface area contributed by atoms with Crippen LogP contribution in [0.3, 0.4) is 0 Å². The van der Waals surface area contributed by atoms with E-state index in [4.69, 9.17) is 4.74 Å². The molecular weight excluding hydrogens is 212 g/mol. The summed E-state index contributed by atoms with van der Waals surface area (Å²) >= 11 is 1.04. The summed E-state index contributed by atoms with van der Waals surface area (Å²) in [6.45, 7) is 3.54. The predicted molar refractivity (Wildman–Crippen MR) is 58.9 cm³/mol. The molecule has 0 atom stereocenters. The highest BCUT2D eigenvalue weighted by Gasteiger charge is 2.13. The molecule has 3 nitrogen and oxygen atoms in total. The topological polar surface area (TPSA) is 43.4 Å². The zero-order chi connectivity index (χ0) is 11.3. The van der Waals surface area contributed by atoms with Crippen molar-refractivity contribution in [3.8, 4) is 0 Å². The maximum Gasteiger partial charge on any atom is 0.339 e. The molecule has 0 spiro atoms. The second-order valence-electron chi connectivity index (χ2n) is 2.81. The summed E-state index contributed by atoms with van der Waals surface area (Å²) in [6, 6.07) is 6.92. The van der Waals surface area contributed by atoms with E-state index < -0.39 is 0 Å². The van der Waals surface area contributed by atoms with Gasteiger partial charge in [0.25, 0.3) is 0 Å². The Bertz CT molecular complexity index is 374. The minimum absolute atomic E-state index is 0.0493. The molecule has 0 bridgehead atoms. The van der Waals surface area contributed by atoms with Gasteiger partial charge in [-0.1, -0.05) is 23.9 Å². The summed E-state index contributed by atoms with van der Waals surface area (Å²) in [5.74, 6) is -0.387. The lowest BCUT2D eigenvalue weighted by atomic mass is 10.2. The highest BCUT2D eigenvalue weighted by molar-refractivity contribution is 8.13. The van der Waals surface area contributed by atoms with E-state index in [-0.39, 0.29) is 11.1 Å². The smallest absolute Gasteiger partial charge is 0.339 e. The third-order valence-corrected chi connectivity index (χ3v) is 2.50. The molecule has 4 heteroatoms. The van der Waals surface area contributed by atoms with Crippen molar-refractivity contribution in [2.45, 2.75) is 18.7 Å². The standard InChI is InChI=1S/C11H12O3S/c1-3-14-11(13)9-6-4-5-7-10(9)15-8(2)12/h4-7H,3H2,1-2H3. The highest BCUT2D eigenvalue weighted by Crippen LogP contribution is 2.23. The first-order valence-electron chi connectivity index (χ1n) is 4.59. The first-order valence-corrected chi connectivity index (χ1v) is 5.41. The molecule has 0 radical (unpaired) electrons. The molecule has 0 unspecified atom stereocenters. The van der Waals surface area contributed by atoms with Gasteiger partial charge in [0.15, 0.2) is 5.12 Å². The van der Waals surface area contributed by atoms with E-state index in [1.165, 1.54) is 6.92 Å². The first kappa shape index (κ1) is 11.8. The second-order valence-corrected chi connectivity index (χ2v) is 4.03. The van der Waals surface area contributed by atoms with E-state index in [1.54, 1.807) is 31.2 Å². The fourth-order valence-corrected chi connectivity index (χ4v) is 1.81. The van der Waals surface area contributed by atoms with Crippen molar-refractivity contribution in [2.24, 2.45) is 0 Å². The average molecular weight is 224 g/mol. The Morgan fingerprint density at radius 2 is 2.00 bits per heavy atom. The lowest BCUT2D eigenvalue weighted by Crippen LogP contribution is -2.06. The number of hydrogen-bond donors (Lipinski definition) is 0. The maximum atomic E-state index is 11.5. The molecule has 1 rings (SSSR count). The second kappa shape index (κ2) is 5.56. The first-order chi connectivity index (χ1) is 7.15. The fourth-order valence-electron chi connectivity index (χ4n) is 1.09. The van der Waals surface area contributed by atoms with Crippen molar-refractivity contribution in [1.29, 1.82) is 0 Å². The van der Waals surface area contributed by atoms with Crippen molar-refractivity contribution in [1.82, 2.24) is 0 Å². The Labute approximate surface area is 92.8 Å². The van der Waals surface area contributed by atoms with Crippen molar-refractivity contribution in [2.75, 3.05) is 6.61 Å². The molecule has 0 aliphatic carbocycles. The third-order valence-electron chi connectivity index (χ3n) is 1.64. The summed E-state index contributed by atoms with van der Waals surface area (Å²) in [6.07, 6.45) is 0. The van der Waals surface area contributed by atoms with Gasteiger partial charge in [-0.2, -0.15) is 0 Å². The molecule has 0 saturated carbocycles. The number of esters is 1. The number of hydrogen-bond acceptors (Lipinski definition) is 4. The van der Waals surface area contributed by atoms with Gasteiger partial charge in [-0.3, -0.25) is 4.79 Å². The molecule has 0 amide bonds. The van der Waals surface area contributed by atoms with Gasteiger partial charge in [0.1, 0.15) is 0 Å². The Balaban J connectivity index is 2.95. The van der Waals surface area contributed by atoms with Crippen molar-refractivity contribution in [3.05, 3.63) is 29.8 Å². The largest absolute Gasteiger partial charge is 0.462 e. The molecule has 0 N–H and O–H groups in total. The van der Waals surface area contributed by atoms with Gasteiger partial charge in [0, 0.05) is 11.8 Å². The van der Waals surface area contributed by atoms with Crippen LogP contribution in [0, 0.1) is 0 Å². The van der Waals surface area contributed by atoms with E-state index in [1.807, 2.05) is 0 Å². The molecule has 0 fully saturated rings. The molecule has 0 aliphatic heterocycles. The van der Waals surface area contributed by atoms with E-state index in [0.29, 0.717) is 17.1 Å². The molecular formula is C11H12O3S. The van der Waals surface area contributed by atoms with Crippen molar-refractivity contribution < 1.29 is 14.3 Å². The monoisotopic (exact) mass is 224 g/mol. The third kappa shape index (κ3) is 3.40. The van der Waals surface area contributed by atoms with Crippen LogP contribution in [0.2, 0.25) is 0 Å².